The fourth-order valence-corrected chi connectivity index (χ4v) is 3.35. The average molecular weight is 346 g/mol. The Morgan fingerprint density at radius 3 is 2.64 bits per heavy atom. The number of hydrogen-bond donors (Lipinski definition) is 1. The van der Waals surface area contributed by atoms with Crippen molar-refractivity contribution in [3.05, 3.63) is 35.9 Å². The molecule has 1 amide bonds. The first-order valence-corrected chi connectivity index (χ1v) is 9.30. The second-order valence-electron chi connectivity index (χ2n) is 6.74. The zero-order valence-corrected chi connectivity index (χ0v) is 15.5. The Hall–Kier alpha value is -1.88. The lowest BCUT2D eigenvalue weighted by Crippen LogP contribution is -2.51. The van der Waals surface area contributed by atoms with Gasteiger partial charge in [0.1, 0.15) is 6.04 Å². The molecule has 2 rings (SSSR count). The molecule has 5 heteroatoms. The highest BCUT2D eigenvalue weighted by Gasteiger charge is 2.31. The summed E-state index contributed by atoms with van der Waals surface area (Å²) in [6.45, 7) is 6.86. The number of esters is 1. The van der Waals surface area contributed by atoms with Crippen molar-refractivity contribution in [3.63, 3.8) is 0 Å². The molecule has 0 spiro atoms. The topological polar surface area (TPSA) is 58.6 Å². The molecule has 1 N–H and O–H groups in total. The second-order valence-corrected chi connectivity index (χ2v) is 6.74. The summed E-state index contributed by atoms with van der Waals surface area (Å²) < 4.78 is 5.19. The summed E-state index contributed by atoms with van der Waals surface area (Å²) in [6.07, 6.45) is 3.47. The molecule has 5 nitrogen and oxygen atoms in total. The van der Waals surface area contributed by atoms with Gasteiger partial charge in [-0.1, -0.05) is 30.3 Å². The molecule has 1 heterocycles. The molecular formula is C20H30N2O3. The summed E-state index contributed by atoms with van der Waals surface area (Å²) in [5, 5.41) is 3.20. The Kier molecular flexibility index (Phi) is 7.44. The van der Waals surface area contributed by atoms with E-state index in [1.165, 1.54) is 5.56 Å². The molecule has 1 aliphatic rings. The molecule has 1 aromatic carbocycles. The lowest BCUT2D eigenvalue weighted by Gasteiger charge is -2.28. The van der Waals surface area contributed by atoms with Gasteiger partial charge in [0.05, 0.1) is 12.6 Å². The van der Waals surface area contributed by atoms with Gasteiger partial charge in [0, 0.05) is 12.6 Å². The van der Waals surface area contributed by atoms with Crippen LogP contribution in [0.15, 0.2) is 30.3 Å². The van der Waals surface area contributed by atoms with Crippen LogP contribution in [0.5, 0.6) is 0 Å². The molecule has 0 aliphatic carbocycles. The Morgan fingerprint density at radius 2 is 2.04 bits per heavy atom. The van der Waals surface area contributed by atoms with Crippen LogP contribution in [-0.2, 0) is 20.7 Å². The summed E-state index contributed by atoms with van der Waals surface area (Å²) in [5.74, 6) is -0.216. The van der Waals surface area contributed by atoms with E-state index < -0.39 is 12.1 Å². The van der Waals surface area contributed by atoms with Gasteiger partial charge in [-0.15, -0.1) is 0 Å². The quantitative estimate of drug-likeness (QED) is 0.735. The third-order valence-corrected chi connectivity index (χ3v) is 4.79. The Morgan fingerprint density at radius 1 is 1.32 bits per heavy atom. The largest absolute Gasteiger partial charge is 0.465 e. The zero-order valence-electron chi connectivity index (χ0n) is 15.5. The maximum Gasteiger partial charge on any atom is 0.323 e. The summed E-state index contributed by atoms with van der Waals surface area (Å²) in [5.41, 5.74) is 1.17. The third-order valence-electron chi connectivity index (χ3n) is 4.79. The standard InChI is InChI=1S/C20H30N2O3/c1-4-25-20(24)18(13-12-17-10-6-5-7-11-17)21-16(3)19(23)22-14-8-9-15(22)2/h5-7,10-11,15-16,18,21H,4,8-9,12-14H2,1-3H3/t15-,16?,18?/m1/s1. The summed E-state index contributed by atoms with van der Waals surface area (Å²) in [4.78, 5) is 26.9. The lowest BCUT2D eigenvalue weighted by atomic mass is 10.0. The average Bonchev–Trinajstić information content (AvgIpc) is 3.04. The molecular weight excluding hydrogens is 316 g/mol. The number of likely N-dealkylation sites (tertiary alicyclic amines) is 1. The number of aryl methyl sites for hydroxylation is 1. The zero-order chi connectivity index (χ0) is 18.2. The van der Waals surface area contributed by atoms with E-state index >= 15 is 0 Å². The van der Waals surface area contributed by atoms with Gasteiger partial charge < -0.3 is 9.64 Å². The molecule has 0 saturated carbocycles. The lowest BCUT2D eigenvalue weighted by molar-refractivity contribution is -0.146. The Labute approximate surface area is 150 Å². The minimum atomic E-state index is -0.475. The fraction of sp³-hybridized carbons (Fsp3) is 0.600. The highest BCUT2D eigenvalue weighted by molar-refractivity contribution is 5.83. The summed E-state index contributed by atoms with van der Waals surface area (Å²) in [7, 11) is 0. The van der Waals surface area contributed by atoms with Crippen molar-refractivity contribution in [2.24, 2.45) is 0 Å². The molecule has 138 valence electrons. The highest BCUT2D eigenvalue weighted by atomic mass is 16.5. The number of benzene rings is 1. The Bertz CT molecular complexity index is 561. The van der Waals surface area contributed by atoms with Gasteiger partial charge in [-0.05, 0) is 52.0 Å². The molecule has 0 bridgehead atoms. The van der Waals surface area contributed by atoms with Gasteiger partial charge >= 0.3 is 5.97 Å². The highest BCUT2D eigenvalue weighted by Crippen LogP contribution is 2.17. The van der Waals surface area contributed by atoms with E-state index in [9.17, 15) is 9.59 Å². The fourth-order valence-electron chi connectivity index (χ4n) is 3.35. The molecule has 0 aromatic heterocycles. The number of ether oxygens (including phenoxy) is 1. The first-order valence-electron chi connectivity index (χ1n) is 9.30. The van der Waals surface area contributed by atoms with Crippen molar-refractivity contribution in [2.75, 3.05) is 13.2 Å². The number of carbonyl (C=O) groups excluding carboxylic acids is 2. The maximum atomic E-state index is 12.7. The molecule has 25 heavy (non-hydrogen) atoms. The SMILES string of the molecule is CCOC(=O)C(CCc1ccccc1)NC(C)C(=O)N1CCC[C@H]1C. The van der Waals surface area contributed by atoms with Crippen LogP contribution in [0.1, 0.15) is 45.6 Å². The second kappa shape index (κ2) is 9.56. The number of rotatable bonds is 8. The number of nitrogens with one attached hydrogen (secondary N) is 1. The summed E-state index contributed by atoms with van der Waals surface area (Å²) >= 11 is 0. The monoisotopic (exact) mass is 346 g/mol. The molecule has 3 atom stereocenters. The molecule has 2 unspecified atom stereocenters. The van der Waals surface area contributed by atoms with E-state index in [1.54, 1.807) is 6.92 Å². The van der Waals surface area contributed by atoms with Gasteiger partial charge in [-0.25, -0.2) is 0 Å². The van der Waals surface area contributed by atoms with Crippen molar-refractivity contribution < 1.29 is 14.3 Å². The van der Waals surface area contributed by atoms with Crippen LogP contribution in [0.3, 0.4) is 0 Å². The van der Waals surface area contributed by atoms with Crippen LogP contribution in [0.25, 0.3) is 0 Å². The normalized spacial score (nSPS) is 19.5. The Balaban J connectivity index is 1.97. The van der Waals surface area contributed by atoms with E-state index in [0.717, 1.165) is 25.8 Å². The van der Waals surface area contributed by atoms with Crippen molar-refractivity contribution in [3.8, 4) is 0 Å². The van der Waals surface area contributed by atoms with Crippen molar-refractivity contribution >= 4 is 11.9 Å². The van der Waals surface area contributed by atoms with E-state index in [4.69, 9.17) is 4.74 Å². The number of hydrogen-bond acceptors (Lipinski definition) is 4. The first-order chi connectivity index (χ1) is 12.0. The number of carbonyl (C=O) groups is 2. The van der Waals surface area contributed by atoms with Crippen molar-refractivity contribution in [2.45, 2.75) is 64.6 Å². The predicted molar refractivity (Wildman–Crippen MR) is 98.2 cm³/mol. The summed E-state index contributed by atoms with van der Waals surface area (Å²) in [6, 6.07) is 9.45. The minimum absolute atomic E-state index is 0.0685. The first kappa shape index (κ1) is 19.4. The molecule has 1 aliphatic heterocycles. The smallest absolute Gasteiger partial charge is 0.323 e. The minimum Gasteiger partial charge on any atom is -0.465 e. The molecule has 0 radical (unpaired) electrons. The predicted octanol–water partition coefficient (Wildman–Crippen LogP) is 2.54. The van der Waals surface area contributed by atoms with Crippen LogP contribution in [-0.4, -0.2) is 48.1 Å². The maximum absolute atomic E-state index is 12.7. The number of nitrogens with zero attached hydrogens (tertiary/aromatic N) is 1. The van der Waals surface area contributed by atoms with Gasteiger partial charge in [-0.2, -0.15) is 0 Å². The van der Waals surface area contributed by atoms with Gasteiger partial charge in [0.25, 0.3) is 0 Å². The van der Waals surface area contributed by atoms with E-state index in [0.29, 0.717) is 13.0 Å². The van der Waals surface area contributed by atoms with Gasteiger partial charge in [0.2, 0.25) is 5.91 Å². The van der Waals surface area contributed by atoms with E-state index in [1.807, 2.05) is 42.2 Å². The van der Waals surface area contributed by atoms with Gasteiger partial charge in [0.15, 0.2) is 0 Å². The molecule has 1 aromatic rings. The van der Waals surface area contributed by atoms with Gasteiger partial charge in [-0.3, -0.25) is 14.9 Å². The van der Waals surface area contributed by atoms with Crippen molar-refractivity contribution in [1.82, 2.24) is 10.2 Å². The van der Waals surface area contributed by atoms with Crippen LogP contribution in [0, 0.1) is 0 Å². The molecule has 1 saturated heterocycles. The van der Waals surface area contributed by atoms with Crippen LogP contribution < -0.4 is 5.32 Å². The number of amides is 1. The molecule has 1 fully saturated rings. The van der Waals surface area contributed by atoms with E-state index in [2.05, 4.69) is 12.2 Å². The van der Waals surface area contributed by atoms with Crippen molar-refractivity contribution in [1.29, 1.82) is 0 Å². The van der Waals surface area contributed by atoms with Crippen LogP contribution in [0.4, 0.5) is 0 Å². The van der Waals surface area contributed by atoms with Crippen LogP contribution >= 0.6 is 0 Å². The third kappa shape index (κ3) is 5.56. The van der Waals surface area contributed by atoms with E-state index in [-0.39, 0.29) is 17.9 Å². The van der Waals surface area contributed by atoms with Crippen LogP contribution in [0.2, 0.25) is 0 Å².